The number of unbranched alkanes of at least 4 members (excludes halogenated alkanes) is 23. The van der Waals surface area contributed by atoms with E-state index >= 15 is 0 Å². The molecule has 0 saturated carbocycles. The number of aryl methyl sites for hydroxylation is 1. The number of hydrogen-bond donors (Lipinski definition) is 0. The Morgan fingerprint density at radius 3 is 1.37 bits per heavy atom. The highest BCUT2D eigenvalue weighted by Crippen LogP contribution is 2.15. The summed E-state index contributed by atoms with van der Waals surface area (Å²) in [4.78, 5) is 0. The van der Waals surface area contributed by atoms with Gasteiger partial charge in [-0.25, -0.2) is 9.13 Å². The van der Waals surface area contributed by atoms with Crippen molar-refractivity contribution in [1.82, 2.24) is 4.57 Å². The van der Waals surface area contributed by atoms with Crippen LogP contribution in [-0.4, -0.2) is 4.57 Å². The van der Waals surface area contributed by atoms with Crippen LogP contribution in [-0.2, 0) is 19.5 Å². The third-order valence-electron chi connectivity index (χ3n) is 9.04. The fraction of sp³-hybridized carbons (Fsp3) is 0.769. The monoisotopic (exact) mass is 566 g/mol. The summed E-state index contributed by atoms with van der Waals surface area (Å²) in [7, 11) is 0. The second kappa shape index (κ2) is 26.1. The molecule has 1 aromatic heterocycles. The Morgan fingerprint density at radius 1 is 0.488 bits per heavy atom. The summed E-state index contributed by atoms with van der Waals surface area (Å²) in [6.45, 7) is 6.80. The molecule has 0 aliphatic carbocycles. The van der Waals surface area contributed by atoms with Crippen LogP contribution in [0.5, 0.6) is 0 Å². The zero-order valence-electron chi connectivity index (χ0n) is 27.7. The molecule has 0 bridgehead atoms. The molecule has 1 heterocycles. The van der Waals surface area contributed by atoms with Gasteiger partial charge in [0, 0.05) is 6.42 Å². The molecule has 0 aliphatic rings. The zero-order valence-corrected chi connectivity index (χ0v) is 27.7. The highest BCUT2D eigenvalue weighted by atomic mass is 15.1. The van der Waals surface area contributed by atoms with E-state index in [9.17, 15) is 0 Å². The molecule has 41 heavy (non-hydrogen) atoms. The van der Waals surface area contributed by atoms with Gasteiger partial charge in [0.25, 0.3) is 5.82 Å². The van der Waals surface area contributed by atoms with Crippen molar-refractivity contribution < 1.29 is 4.57 Å². The van der Waals surface area contributed by atoms with Gasteiger partial charge in [0.15, 0.2) is 0 Å². The summed E-state index contributed by atoms with van der Waals surface area (Å²) in [5.74, 6) is 1.54. The molecule has 0 spiro atoms. The van der Waals surface area contributed by atoms with E-state index in [0.29, 0.717) is 0 Å². The van der Waals surface area contributed by atoms with Crippen LogP contribution in [0, 0.1) is 0 Å². The number of benzene rings is 1. The molecule has 0 fully saturated rings. The average Bonchev–Trinajstić information content (AvgIpc) is 3.37. The van der Waals surface area contributed by atoms with Crippen molar-refractivity contribution in [2.75, 3.05) is 0 Å². The molecule has 0 aliphatic heterocycles. The predicted octanol–water partition coefficient (Wildman–Crippen LogP) is 12.2. The maximum atomic E-state index is 2.58. The molecule has 0 N–H and O–H groups in total. The van der Waals surface area contributed by atoms with Crippen molar-refractivity contribution in [1.29, 1.82) is 0 Å². The maximum absolute atomic E-state index is 2.58. The number of aromatic nitrogens is 2. The van der Waals surface area contributed by atoms with Crippen molar-refractivity contribution in [3.63, 3.8) is 0 Å². The van der Waals surface area contributed by atoms with E-state index in [4.69, 9.17) is 0 Å². The summed E-state index contributed by atoms with van der Waals surface area (Å²) in [5.41, 5.74) is 1.41. The Balaban J connectivity index is 1.62. The van der Waals surface area contributed by atoms with Crippen LogP contribution in [0.2, 0.25) is 0 Å². The molecule has 2 heteroatoms. The Morgan fingerprint density at radius 2 is 0.902 bits per heavy atom. The second-order valence-electron chi connectivity index (χ2n) is 12.9. The minimum absolute atomic E-state index is 1.00. The Labute approximate surface area is 256 Å². The highest BCUT2D eigenvalue weighted by Gasteiger charge is 2.17. The van der Waals surface area contributed by atoms with Crippen molar-refractivity contribution in [2.45, 2.75) is 194 Å². The van der Waals surface area contributed by atoms with Gasteiger partial charge in [0.2, 0.25) is 0 Å². The van der Waals surface area contributed by atoms with E-state index in [0.717, 1.165) is 6.54 Å². The third kappa shape index (κ3) is 18.6. The van der Waals surface area contributed by atoms with Crippen LogP contribution < -0.4 is 4.57 Å². The quantitative estimate of drug-likeness (QED) is 0.0685. The smallest absolute Gasteiger partial charge is 0.234 e. The second-order valence-corrected chi connectivity index (χ2v) is 12.9. The molecule has 0 atom stereocenters. The van der Waals surface area contributed by atoms with Gasteiger partial charge >= 0.3 is 0 Å². The molecule has 234 valence electrons. The van der Waals surface area contributed by atoms with E-state index in [-0.39, 0.29) is 0 Å². The van der Waals surface area contributed by atoms with Crippen LogP contribution in [0.3, 0.4) is 0 Å². The van der Waals surface area contributed by atoms with Crippen LogP contribution in [0.1, 0.15) is 186 Å². The van der Waals surface area contributed by atoms with E-state index < -0.39 is 0 Å². The van der Waals surface area contributed by atoms with Crippen LogP contribution in [0.25, 0.3) is 0 Å². The molecule has 0 amide bonds. The lowest BCUT2D eigenvalue weighted by molar-refractivity contribution is -0.704. The fourth-order valence-corrected chi connectivity index (χ4v) is 6.34. The van der Waals surface area contributed by atoms with Crippen molar-refractivity contribution in [3.05, 3.63) is 54.1 Å². The van der Waals surface area contributed by atoms with Crippen LogP contribution in [0.4, 0.5) is 0 Å². The summed E-state index contributed by atoms with van der Waals surface area (Å²) >= 11 is 0. The molecule has 0 unspecified atom stereocenters. The third-order valence-corrected chi connectivity index (χ3v) is 9.04. The van der Waals surface area contributed by atoms with Gasteiger partial charge in [0.05, 0.1) is 6.54 Å². The summed E-state index contributed by atoms with van der Waals surface area (Å²) in [5, 5.41) is 0. The van der Waals surface area contributed by atoms with Gasteiger partial charge in [-0.2, -0.15) is 0 Å². The molecule has 0 saturated heterocycles. The largest absolute Gasteiger partial charge is 0.256 e. The Hall–Kier alpha value is -1.57. The number of imidazole rings is 1. The van der Waals surface area contributed by atoms with E-state index in [2.05, 4.69) is 65.7 Å². The maximum Gasteiger partial charge on any atom is 0.256 e. The fourth-order valence-electron chi connectivity index (χ4n) is 6.34. The van der Waals surface area contributed by atoms with Gasteiger partial charge in [-0.3, -0.25) is 0 Å². The molecular formula is C39H69N2+. The summed E-state index contributed by atoms with van der Waals surface area (Å²) in [6.07, 6.45) is 41.5. The van der Waals surface area contributed by atoms with Crippen LogP contribution in [0.15, 0.2) is 42.7 Å². The standard InChI is InChI=1S/C39H69N2/c1-3-5-7-9-11-13-15-17-18-20-22-24-29-33-39-40(35-36-41(39)37-38-31-27-26-28-32-38)34-30-25-23-21-19-16-14-12-10-8-6-4-2/h26-28,31-32,35-36H,3-25,29-30,33-34,37H2,1-2H3/q+1. The first-order valence-corrected chi connectivity index (χ1v) is 18.5. The predicted molar refractivity (Wildman–Crippen MR) is 181 cm³/mol. The molecule has 1 aromatic carbocycles. The van der Waals surface area contributed by atoms with Gasteiger partial charge < -0.3 is 0 Å². The van der Waals surface area contributed by atoms with Gasteiger partial charge in [0.1, 0.15) is 18.9 Å². The topological polar surface area (TPSA) is 8.81 Å². The zero-order chi connectivity index (χ0) is 29.1. The summed E-state index contributed by atoms with van der Waals surface area (Å²) in [6, 6.07) is 11.0. The minimum Gasteiger partial charge on any atom is -0.234 e. The molecule has 2 rings (SSSR count). The first-order valence-electron chi connectivity index (χ1n) is 18.5. The average molecular weight is 566 g/mol. The molecule has 2 nitrogen and oxygen atoms in total. The van der Waals surface area contributed by atoms with Gasteiger partial charge in [-0.15, -0.1) is 0 Å². The SMILES string of the molecule is CCCCCCCCCCCCCCCc1n(Cc2ccccc2)cc[n+]1CCCCCCCCCCCCCC. The number of nitrogens with zero attached hydrogens (tertiary/aromatic N) is 2. The molecular weight excluding hydrogens is 496 g/mol. The van der Waals surface area contributed by atoms with Gasteiger partial charge in [-0.05, 0) is 24.8 Å². The van der Waals surface area contributed by atoms with E-state index in [1.807, 2.05) is 0 Å². The lowest BCUT2D eigenvalue weighted by Crippen LogP contribution is -2.37. The van der Waals surface area contributed by atoms with Crippen molar-refractivity contribution in [3.8, 4) is 0 Å². The molecule has 2 aromatic rings. The Kier molecular flexibility index (Phi) is 22.7. The van der Waals surface area contributed by atoms with E-state index in [1.54, 1.807) is 5.82 Å². The number of hydrogen-bond acceptors (Lipinski definition) is 0. The van der Waals surface area contributed by atoms with Crippen molar-refractivity contribution >= 4 is 0 Å². The van der Waals surface area contributed by atoms with Gasteiger partial charge in [-0.1, -0.05) is 185 Å². The van der Waals surface area contributed by atoms with Crippen molar-refractivity contribution in [2.24, 2.45) is 0 Å². The lowest BCUT2D eigenvalue weighted by Gasteiger charge is -2.07. The minimum atomic E-state index is 1.00. The summed E-state index contributed by atoms with van der Waals surface area (Å²) < 4.78 is 5.11. The van der Waals surface area contributed by atoms with E-state index in [1.165, 1.54) is 179 Å². The number of rotatable bonds is 29. The normalized spacial score (nSPS) is 11.5. The first-order chi connectivity index (χ1) is 20.3. The first kappa shape index (κ1) is 35.6. The molecule has 0 radical (unpaired) electrons. The van der Waals surface area contributed by atoms with Crippen LogP contribution >= 0.6 is 0 Å². The Bertz CT molecular complexity index is 808. The highest BCUT2D eigenvalue weighted by molar-refractivity contribution is 5.15. The lowest BCUT2D eigenvalue weighted by atomic mass is 10.0.